The van der Waals surface area contributed by atoms with Crippen LogP contribution in [-0.2, 0) is 0 Å². The van der Waals surface area contributed by atoms with Gasteiger partial charge < -0.3 is 0 Å². The molecule has 18 heavy (non-hydrogen) atoms. The fraction of sp³-hybridized carbons (Fsp3) is 0.0909. The number of aromatic amines is 1. The molecule has 1 aromatic carbocycles. The summed E-state index contributed by atoms with van der Waals surface area (Å²) in [5.74, 6) is 0. The van der Waals surface area contributed by atoms with Gasteiger partial charge in [-0.2, -0.15) is 0 Å². The van der Waals surface area contributed by atoms with Crippen molar-refractivity contribution >= 4 is 39.1 Å². The van der Waals surface area contributed by atoms with Gasteiger partial charge in [-0.3, -0.25) is 9.78 Å². The van der Waals surface area contributed by atoms with E-state index in [4.69, 9.17) is 23.2 Å². The van der Waals surface area contributed by atoms with E-state index in [1.54, 1.807) is 18.2 Å². The van der Waals surface area contributed by atoms with Gasteiger partial charge in [0.05, 0.1) is 20.7 Å². The Morgan fingerprint density at radius 1 is 1.28 bits per heavy atom. The third kappa shape index (κ3) is 2.13. The predicted octanol–water partition coefficient (Wildman–Crippen LogP) is 2.90. The van der Waals surface area contributed by atoms with Gasteiger partial charge in [0.2, 0.25) is 0 Å². The molecule has 94 valence electrons. The van der Waals surface area contributed by atoms with E-state index in [1.807, 2.05) is 0 Å². The second kappa shape index (κ2) is 4.91. The number of H-pyrrole nitrogens is 1. The maximum absolute atomic E-state index is 12.1. The van der Waals surface area contributed by atoms with E-state index in [2.05, 4.69) is 20.9 Å². The molecule has 1 heterocycles. The molecule has 2 aromatic rings. The SMILES string of the molecule is Cc1c(Cl)[nH]c(=O)n(-c2cccc(Cl)c2Br)c1=O. The lowest BCUT2D eigenvalue weighted by atomic mass is 10.3. The van der Waals surface area contributed by atoms with E-state index in [1.165, 1.54) is 6.92 Å². The maximum atomic E-state index is 12.1. The minimum atomic E-state index is -0.612. The number of hydrogen-bond donors (Lipinski definition) is 1. The Kier molecular flexibility index (Phi) is 3.66. The lowest BCUT2D eigenvalue weighted by Gasteiger charge is -2.09. The lowest BCUT2D eigenvalue weighted by Crippen LogP contribution is -2.35. The molecule has 0 spiro atoms. The molecule has 0 atom stereocenters. The molecule has 0 saturated heterocycles. The number of aromatic nitrogens is 2. The lowest BCUT2D eigenvalue weighted by molar-refractivity contribution is 0.857. The first kappa shape index (κ1) is 13.4. The van der Waals surface area contributed by atoms with Crippen LogP contribution in [0.5, 0.6) is 0 Å². The molecule has 0 radical (unpaired) electrons. The molecule has 0 amide bonds. The number of hydrogen-bond acceptors (Lipinski definition) is 2. The molecule has 0 aliphatic rings. The number of rotatable bonds is 1. The first-order valence-corrected chi connectivity index (χ1v) is 6.44. The molecule has 0 saturated carbocycles. The van der Waals surface area contributed by atoms with Crippen molar-refractivity contribution in [1.29, 1.82) is 0 Å². The highest BCUT2D eigenvalue weighted by Crippen LogP contribution is 2.27. The second-order valence-corrected chi connectivity index (χ2v) is 5.16. The van der Waals surface area contributed by atoms with Gasteiger partial charge >= 0.3 is 5.69 Å². The zero-order valence-electron chi connectivity index (χ0n) is 9.13. The van der Waals surface area contributed by atoms with Gasteiger partial charge in [0.15, 0.2) is 0 Å². The van der Waals surface area contributed by atoms with Gasteiger partial charge in [-0.25, -0.2) is 9.36 Å². The molecule has 1 aromatic heterocycles. The Bertz CT molecular complexity index is 737. The first-order chi connectivity index (χ1) is 8.43. The Balaban J connectivity index is 2.89. The maximum Gasteiger partial charge on any atom is 0.334 e. The van der Waals surface area contributed by atoms with Gasteiger partial charge in [-0.1, -0.05) is 29.3 Å². The Hall–Kier alpha value is -1.04. The van der Waals surface area contributed by atoms with E-state index < -0.39 is 11.2 Å². The number of halogens is 3. The second-order valence-electron chi connectivity index (χ2n) is 3.58. The van der Waals surface area contributed by atoms with Crippen molar-refractivity contribution in [1.82, 2.24) is 9.55 Å². The van der Waals surface area contributed by atoms with Crippen LogP contribution >= 0.6 is 39.1 Å². The van der Waals surface area contributed by atoms with Crippen LogP contribution in [0.4, 0.5) is 0 Å². The minimum Gasteiger partial charge on any atom is -0.297 e. The summed E-state index contributed by atoms with van der Waals surface area (Å²) in [4.78, 5) is 26.3. The van der Waals surface area contributed by atoms with Crippen LogP contribution in [-0.4, -0.2) is 9.55 Å². The summed E-state index contributed by atoms with van der Waals surface area (Å²) in [5.41, 5.74) is -0.457. The van der Waals surface area contributed by atoms with E-state index in [0.717, 1.165) is 4.57 Å². The van der Waals surface area contributed by atoms with Crippen LogP contribution in [0, 0.1) is 6.92 Å². The van der Waals surface area contributed by atoms with Gasteiger partial charge in [0.25, 0.3) is 5.56 Å². The molecule has 0 aliphatic carbocycles. The van der Waals surface area contributed by atoms with Crippen LogP contribution in [0.1, 0.15) is 5.56 Å². The summed E-state index contributed by atoms with van der Waals surface area (Å²) >= 11 is 14.9. The smallest absolute Gasteiger partial charge is 0.297 e. The average Bonchev–Trinajstić information content (AvgIpc) is 2.32. The van der Waals surface area contributed by atoms with Gasteiger partial charge in [-0.05, 0) is 35.0 Å². The fourth-order valence-corrected chi connectivity index (χ4v) is 2.25. The summed E-state index contributed by atoms with van der Waals surface area (Å²) < 4.78 is 1.46. The van der Waals surface area contributed by atoms with E-state index in [0.29, 0.717) is 15.2 Å². The van der Waals surface area contributed by atoms with Crippen molar-refractivity contribution < 1.29 is 0 Å². The zero-order chi connectivity index (χ0) is 13.4. The van der Waals surface area contributed by atoms with Crippen molar-refractivity contribution in [3.8, 4) is 5.69 Å². The topological polar surface area (TPSA) is 54.9 Å². The van der Waals surface area contributed by atoms with Crippen LogP contribution in [0.2, 0.25) is 10.2 Å². The summed E-state index contributed by atoms with van der Waals surface area (Å²) in [5, 5.41) is 0.450. The standard InChI is InChI=1S/C11H7BrCl2N2O2/c1-5-9(14)15-11(18)16(10(5)17)7-4-2-3-6(13)8(7)12/h2-4H,1H3,(H,15,18). The quantitative estimate of drug-likeness (QED) is 0.805. The number of nitrogens with one attached hydrogen (secondary N) is 1. The molecular weight excluding hydrogens is 343 g/mol. The highest BCUT2D eigenvalue weighted by molar-refractivity contribution is 9.10. The third-order valence-corrected chi connectivity index (χ3v) is 4.20. The predicted molar refractivity (Wildman–Crippen MR) is 75.1 cm³/mol. The van der Waals surface area contributed by atoms with E-state index in [-0.39, 0.29) is 10.7 Å². The van der Waals surface area contributed by atoms with E-state index >= 15 is 0 Å². The number of nitrogens with zero attached hydrogens (tertiary/aromatic N) is 1. The number of benzene rings is 1. The first-order valence-electron chi connectivity index (χ1n) is 4.89. The van der Waals surface area contributed by atoms with Crippen molar-refractivity contribution in [2.75, 3.05) is 0 Å². The van der Waals surface area contributed by atoms with Crippen LogP contribution in [0.3, 0.4) is 0 Å². The highest BCUT2D eigenvalue weighted by atomic mass is 79.9. The molecule has 2 rings (SSSR count). The summed E-state index contributed by atoms with van der Waals surface area (Å²) in [7, 11) is 0. The van der Waals surface area contributed by atoms with Crippen LogP contribution in [0.15, 0.2) is 32.3 Å². The fourth-order valence-electron chi connectivity index (χ4n) is 1.48. The Morgan fingerprint density at radius 2 is 1.94 bits per heavy atom. The highest BCUT2D eigenvalue weighted by Gasteiger charge is 2.14. The third-order valence-electron chi connectivity index (χ3n) is 2.45. The van der Waals surface area contributed by atoms with Crippen molar-refractivity contribution in [2.24, 2.45) is 0 Å². The minimum absolute atomic E-state index is 0.0411. The van der Waals surface area contributed by atoms with Crippen molar-refractivity contribution in [3.05, 3.63) is 59.2 Å². The largest absolute Gasteiger partial charge is 0.334 e. The Morgan fingerprint density at radius 3 is 2.61 bits per heavy atom. The van der Waals surface area contributed by atoms with E-state index in [9.17, 15) is 9.59 Å². The average molecular weight is 350 g/mol. The molecule has 0 bridgehead atoms. The van der Waals surface area contributed by atoms with Crippen LogP contribution < -0.4 is 11.2 Å². The van der Waals surface area contributed by atoms with Crippen molar-refractivity contribution in [3.63, 3.8) is 0 Å². The van der Waals surface area contributed by atoms with Crippen molar-refractivity contribution in [2.45, 2.75) is 6.92 Å². The Labute approximate surface area is 120 Å². The molecule has 0 fully saturated rings. The normalized spacial score (nSPS) is 10.7. The molecule has 0 unspecified atom stereocenters. The van der Waals surface area contributed by atoms with Crippen LogP contribution in [0.25, 0.3) is 5.69 Å². The molecular formula is C11H7BrCl2N2O2. The molecule has 4 nitrogen and oxygen atoms in total. The summed E-state index contributed by atoms with van der Waals surface area (Å²) in [6.07, 6.45) is 0. The summed E-state index contributed by atoms with van der Waals surface area (Å²) in [6.45, 7) is 1.54. The molecule has 7 heteroatoms. The molecule has 0 aliphatic heterocycles. The molecule has 1 N–H and O–H groups in total. The van der Waals surface area contributed by atoms with Gasteiger partial charge in [0, 0.05) is 0 Å². The monoisotopic (exact) mass is 348 g/mol. The zero-order valence-corrected chi connectivity index (χ0v) is 12.2. The summed E-state index contributed by atoms with van der Waals surface area (Å²) in [6, 6.07) is 4.91. The van der Waals surface area contributed by atoms with Gasteiger partial charge in [-0.15, -0.1) is 0 Å². The van der Waals surface area contributed by atoms with Gasteiger partial charge in [0.1, 0.15) is 5.15 Å².